The van der Waals surface area contributed by atoms with Gasteiger partial charge in [0, 0.05) is 23.1 Å². The Labute approximate surface area is 120 Å². The zero-order valence-electron chi connectivity index (χ0n) is 10.4. The number of nitrogen functional groups attached to an aromatic ring is 1. The largest absolute Gasteiger partial charge is 0.368 e. The summed E-state index contributed by atoms with van der Waals surface area (Å²) < 4.78 is 0.952. The molecule has 1 aromatic heterocycles. The van der Waals surface area contributed by atoms with E-state index in [4.69, 9.17) is 5.73 Å². The zero-order chi connectivity index (χ0) is 13.2. The normalized spacial score (nSPS) is 14.9. The summed E-state index contributed by atoms with van der Waals surface area (Å²) in [5.41, 5.74) is 6.74. The van der Waals surface area contributed by atoms with Crippen molar-refractivity contribution in [2.45, 2.75) is 12.8 Å². The summed E-state index contributed by atoms with van der Waals surface area (Å²) in [4.78, 5) is 15.2. The van der Waals surface area contributed by atoms with E-state index in [2.05, 4.69) is 35.8 Å². The highest BCUT2D eigenvalue weighted by Crippen LogP contribution is 2.27. The van der Waals surface area contributed by atoms with Crippen LogP contribution in [0.2, 0.25) is 0 Å². The Morgan fingerprint density at radius 3 is 2.53 bits per heavy atom. The first-order valence-corrected chi connectivity index (χ1v) is 7.05. The van der Waals surface area contributed by atoms with E-state index in [0.29, 0.717) is 11.8 Å². The first-order valence-electron chi connectivity index (χ1n) is 6.25. The van der Waals surface area contributed by atoms with E-state index in [9.17, 15) is 0 Å². The van der Waals surface area contributed by atoms with Gasteiger partial charge in [0.1, 0.15) is 0 Å². The van der Waals surface area contributed by atoms with Crippen molar-refractivity contribution in [1.82, 2.24) is 15.0 Å². The van der Waals surface area contributed by atoms with Gasteiger partial charge in [-0.1, -0.05) is 34.1 Å². The number of nitrogens with zero attached hydrogens (tertiary/aromatic N) is 4. The maximum Gasteiger partial charge on any atom is 0.230 e. The molecular weight excluding hydrogens is 306 g/mol. The van der Waals surface area contributed by atoms with Gasteiger partial charge in [0.2, 0.25) is 11.9 Å². The topological polar surface area (TPSA) is 67.9 Å². The number of hydrogen-bond acceptors (Lipinski definition) is 5. The molecule has 1 aliphatic rings. The summed E-state index contributed by atoms with van der Waals surface area (Å²) in [5, 5.41) is 0. The Morgan fingerprint density at radius 2 is 1.79 bits per heavy atom. The van der Waals surface area contributed by atoms with Crippen molar-refractivity contribution in [3.63, 3.8) is 0 Å². The highest BCUT2D eigenvalue weighted by Gasteiger charge is 2.17. The van der Waals surface area contributed by atoms with Crippen molar-refractivity contribution >= 4 is 27.8 Å². The summed E-state index contributed by atoms with van der Waals surface area (Å²) >= 11 is 3.51. The molecule has 98 valence electrons. The van der Waals surface area contributed by atoms with Crippen molar-refractivity contribution in [1.29, 1.82) is 0 Å². The Morgan fingerprint density at radius 1 is 1.05 bits per heavy atom. The van der Waals surface area contributed by atoms with Crippen LogP contribution in [-0.2, 0) is 0 Å². The molecule has 0 radical (unpaired) electrons. The molecular formula is C13H14BrN5. The molecule has 0 atom stereocenters. The highest BCUT2D eigenvalue weighted by atomic mass is 79.9. The quantitative estimate of drug-likeness (QED) is 0.921. The predicted octanol–water partition coefficient (Wildman–Crippen LogP) is 2.48. The van der Waals surface area contributed by atoms with Gasteiger partial charge in [0.05, 0.1) is 0 Å². The molecule has 0 unspecified atom stereocenters. The average molecular weight is 320 g/mol. The molecule has 1 fully saturated rings. The summed E-state index contributed by atoms with van der Waals surface area (Å²) in [6.07, 6.45) is 2.35. The van der Waals surface area contributed by atoms with E-state index in [1.807, 2.05) is 24.3 Å². The van der Waals surface area contributed by atoms with Gasteiger partial charge < -0.3 is 10.6 Å². The molecule has 0 aliphatic carbocycles. The molecule has 1 aromatic carbocycles. The first kappa shape index (κ1) is 12.3. The summed E-state index contributed by atoms with van der Waals surface area (Å²) in [6.45, 7) is 1.97. The van der Waals surface area contributed by atoms with Crippen LogP contribution >= 0.6 is 15.9 Å². The van der Waals surface area contributed by atoms with Crippen LogP contribution in [-0.4, -0.2) is 28.0 Å². The molecule has 3 rings (SSSR count). The minimum atomic E-state index is 0.266. The van der Waals surface area contributed by atoms with Gasteiger partial charge in [-0.15, -0.1) is 0 Å². The summed E-state index contributed by atoms with van der Waals surface area (Å²) in [6, 6.07) is 7.84. The molecule has 2 N–H and O–H groups in total. The average Bonchev–Trinajstić information content (AvgIpc) is 2.92. The van der Waals surface area contributed by atoms with Gasteiger partial charge in [-0.05, 0) is 18.9 Å². The van der Waals surface area contributed by atoms with E-state index in [1.165, 1.54) is 12.8 Å². The van der Waals surface area contributed by atoms with Crippen LogP contribution in [0.25, 0.3) is 11.4 Å². The van der Waals surface area contributed by atoms with E-state index < -0.39 is 0 Å². The second kappa shape index (κ2) is 5.13. The molecule has 0 amide bonds. The van der Waals surface area contributed by atoms with Gasteiger partial charge in [-0.25, -0.2) is 0 Å². The number of benzene rings is 1. The molecule has 1 saturated heterocycles. The molecule has 0 spiro atoms. The van der Waals surface area contributed by atoms with Gasteiger partial charge in [-0.3, -0.25) is 0 Å². The smallest absolute Gasteiger partial charge is 0.230 e. The predicted molar refractivity (Wildman–Crippen MR) is 78.8 cm³/mol. The Balaban J connectivity index is 2.04. The highest BCUT2D eigenvalue weighted by molar-refractivity contribution is 9.10. The van der Waals surface area contributed by atoms with Crippen molar-refractivity contribution in [3.05, 3.63) is 28.7 Å². The minimum Gasteiger partial charge on any atom is -0.368 e. The molecule has 2 aromatic rings. The van der Waals surface area contributed by atoms with Crippen LogP contribution in [0.1, 0.15) is 12.8 Å². The second-order valence-corrected chi connectivity index (χ2v) is 5.35. The lowest BCUT2D eigenvalue weighted by Crippen LogP contribution is -2.21. The maximum atomic E-state index is 5.81. The number of halogens is 1. The van der Waals surface area contributed by atoms with Crippen molar-refractivity contribution in [2.24, 2.45) is 0 Å². The molecule has 0 bridgehead atoms. The SMILES string of the molecule is Nc1nc(-c2ccccc2Br)nc(N2CCCC2)n1. The number of anilines is 2. The van der Waals surface area contributed by atoms with Crippen LogP contribution in [0.5, 0.6) is 0 Å². The monoisotopic (exact) mass is 319 g/mol. The number of rotatable bonds is 2. The molecule has 0 saturated carbocycles. The fourth-order valence-corrected chi connectivity index (χ4v) is 2.66. The Kier molecular flexibility index (Phi) is 3.33. The lowest BCUT2D eigenvalue weighted by Gasteiger charge is -2.16. The standard InChI is InChI=1S/C13H14BrN5/c14-10-6-2-1-5-9(10)11-16-12(15)18-13(17-11)19-7-3-4-8-19/h1-2,5-6H,3-4,7-8H2,(H2,15,16,17,18). The minimum absolute atomic E-state index is 0.266. The van der Waals surface area contributed by atoms with Crippen LogP contribution in [0.15, 0.2) is 28.7 Å². The lowest BCUT2D eigenvalue weighted by atomic mass is 10.2. The Bertz CT molecular complexity index is 595. The third-order valence-electron chi connectivity index (χ3n) is 3.14. The lowest BCUT2D eigenvalue weighted by molar-refractivity contribution is 0.887. The van der Waals surface area contributed by atoms with Gasteiger partial charge >= 0.3 is 0 Å². The maximum absolute atomic E-state index is 5.81. The third-order valence-corrected chi connectivity index (χ3v) is 3.84. The fourth-order valence-electron chi connectivity index (χ4n) is 2.20. The number of nitrogens with two attached hydrogens (primary N) is 1. The number of hydrogen-bond donors (Lipinski definition) is 1. The van der Waals surface area contributed by atoms with Crippen molar-refractivity contribution < 1.29 is 0 Å². The summed E-state index contributed by atoms with van der Waals surface area (Å²) in [5.74, 6) is 1.56. The van der Waals surface area contributed by atoms with Crippen molar-refractivity contribution in [3.8, 4) is 11.4 Å². The Hall–Kier alpha value is -1.69. The van der Waals surface area contributed by atoms with E-state index in [-0.39, 0.29) is 5.95 Å². The second-order valence-electron chi connectivity index (χ2n) is 4.49. The van der Waals surface area contributed by atoms with E-state index in [0.717, 1.165) is 23.1 Å². The third kappa shape index (κ3) is 2.53. The molecule has 6 heteroatoms. The van der Waals surface area contributed by atoms with Gasteiger partial charge in [0.25, 0.3) is 0 Å². The van der Waals surface area contributed by atoms with E-state index >= 15 is 0 Å². The summed E-state index contributed by atoms with van der Waals surface area (Å²) in [7, 11) is 0. The molecule has 19 heavy (non-hydrogen) atoms. The van der Waals surface area contributed by atoms with Crippen molar-refractivity contribution in [2.75, 3.05) is 23.7 Å². The van der Waals surface area contributed by atoms with Crippen LogP contribution in [0, 0.1) is 0 Å². The number of aromatic nitrogens is 3. The zero-order valence-corrected chi connectivity index (χ0v) is 12.0. The van der Waals surface area contributed by atoms with Crippen LogP contribution < -0.4 is 10.6 Å². The first-order chi connectivity index (χ1) is 9.24. The van der Waals surface area contributed by atoms with Gasteiger partial charge in [-0.2, -0.15) is 15.0 Å². The van der Waals surface area contributed by atoms with Crippen LogP contribution in [0.3, 0.4) is 0 Å². The van der Waals surface area contributed by atoms with Crippen LogP contribution in [0.4, 0.5) is 11.9 Å². The molecule has 1 aliphatic heterocycles. The fraction of sp³-hybridized carbons (Fsp3) is 0.308. The molecule has 5 nitrogen and oxygen atoms in total. The molecule has 2 heterocycles. The van der Waals surface area contributed by atoms with Gasteiger partial charge in [0.15, 0.2) is 5.82 Å². The van der Waals surface area contributed by atoms with E-state index in [1.54, 1.807) is 0 Å².